The lowest BCUT2D eigenvalue weighted by Crippen LogP contribution is -2.42. The van der Waals surface area contributed by atoms with E-state index in [0.717, 1.165) is 53.9 Å². The van der Waals surface area contributed by atoms with Crippen molar-refractivity contribution in [2.45, 2.75) is 25.8 Å². The quantitative estimate of drug-likeness (QED) is 0.772. The van der Waals surface area contributed by atoms with Gasteiger partial charge in [0.15, 0.2) is 0 Å². The van der Waals surface area contributed by atoms with E-state index in [4.69, 9.17) is 0 Å². The van der Waals surface area contributed by atoms with Gasteiger partial charge in [0.2, 0.25) is 0 Å². The average Bonchev–Trinajstić information content (AvgIpc) is 3.09. The van der Waals surface area contributed by atoms with Crippen molar-refractivity contribution in [3.8, 4) is 0 Å². The third kappa shape index (κ3) is 3.33. The van der Waals surface area contributed by atoms with Crippen LogP contribution in [-0.4, -0.2) is 44.9 Å². The van der Waals surface area contributed by atoms with E-state index in [0.29, 0.717) is 6.04 Å². The summed E-state index contributed by atoms with van der Waals surface area (Å²) in [6.07, 6.45) is 5.30. The Morgan fingerprint density at radius 1 is 1.20 bits per heavy atom. The summed E-state index contributed by atoms with van der Waals surface area (Å²) in [4.78, 5) is 26.2. The number of carbonyl (C=O) groups excluding carboxylic acids is 1. The Morgan fingerprint density at radius 3 is 2.84 bits per heavy atom. The molecular weight excluding hydrogens is 314 g/mol. The largest absolute Gasteiger partial charge is 0.367 e. The molecule has 3 heterocycles. The van der Waals surface area contributed by atoms with Crippen LogP contribution in [0.25, 0.3) is 10.9 Å². The van der Waals surface area contributed by atoms with Crippen molar-refractivity contribution in [2.24, 2.45) is 0 Å². The van der Waals surface area contributed by atoms with Crippen LogP contribution in [0.2, 0.25) is 0 Å². The zero-order chi connectivity index (χ0) is 17.2. The molecule has 6 nitrogen and oxygen atoms in total. The van der Waals surface area contributed by atoms with E-state index in [-0.39, 0.29) is 5.91 Å². The first-order chi connectivity index (χ1) is 12.2. The molecule has 1 fully saturated rings. The number of hydrogen-bond acceptors (Lipinski definition) is 4. The molecular formula is C19H21N5O. The van der Waals surface area contributed by atoms with Crippen molar-refractivity contribution in [1.29, 1.82) is 0 Å². The van der Waals surface area contributed by atoms with Crippen molar-refractivity contribution < 1.29 is 4.79 Å². The highest BCUT2D eigenvalue weighted by Gasteiger charge is 2.24. The minimum atomic E-state index is 0.104. The number of H-pyrrole nitrogens is 1. The fraction of sp³-hybridized carbons (Fsp3) is 0.316. The van der Waals surface area contributed by atoms with Gasteiger partial charge in [-0.05, 0) is 43.4 Å². The molecule has 0 saturated carbocycles. The SMILES string of the molecule is Cc1cc(NC2CCN(C(=O)c3ccc4cc[nH]c4c3)CC2)ncn1. The van der Waals surface area contributed by atoms with Crippen LogP contribution in [0.4, 0.5) is 5.82 Å². The van der Waals surface area contributed by atoms with Gasteiger partial charge < -0.3 is 15.2 Å². The molecule has 1 aromatic carbocycles. The summed E-state index contributed by atoms with van der Waals surface area (Å²) in [6.45, 7) is 3.46. The summed E-state index contributed by atoms with van der Waals surface area (Å²) in [7, 11) is 0. The number of benzene rings is 1. The van der Waals surface area contributed by atoms with Gasteiger partial charge in [-0.15, -0.1) is 0 Å². The molecule has 1 aliphatic heterocycles. The Hall–Kier alpha value is -2.89. The molecule has 2 aromatic heterocycles. The van der Waals surface area contributed by atoms with Gasteiger partial charge in [-0.25, -0.2) is 9.97 Å². The molecule has 128 valence electrons. The zero-order valence-corrected chi connectivity index (χ0v) is 14.2. The Morgan fingerprint density at radius 2 is 2.04 bits per heavy atom. The molecule has 0 aliphatic carbocycles. The van der Waals surface area contributed by atoms with Crippen molar-refractivity contribution in [2.75, 3.05) is 18.4 Å². The maximum Gasteiger partial charge on any atom is 0.253 e. The van der Waals surface area contributed by atoms with Gasteiger partial charge >= 0.3 is 0 Å². The van der Waals surface area contributed by atoms with Gasteiger partial charge in [-0.1, -0.05) is 6.07 Å². The lowest BCUT2D eigenvalue weighted by Gasteiger charge is -2.32. The summed E-state index contributed by atoms with van der Waals surface area (Å²) < 4.78 is 0. The van der Waals surface area contributed by atoms with Crippen molar-refractivity contribution in [1.82, 2.24) is 19.9 Å². The van der Waals surface area contributed by atoms with Gasteiger partial charge in [0, 0.05) is 48.2 Å². The average molecular weight is 335 g/mol. The number of hydrogen-bond donors (Lipinski definition) is 2. The zero-order valence-electron chi connectivity index (χ0n) is 14.2. The third-order valence-corrected chi connectivity index (χ3v) is 4.74. The van der Waals surface area contributed by atoms with E-state index in [2.05, 4.69) is 20.3 Å². The Bertz CT molecular complexity index is 895. The number of fused-ring (bicyclic) bond motifs is 1. The van der Waals surface area contributed by atoms with E-state index in [1.165, 1.54) is 0 Å². The summed E-state index contributed by atoms with van der Waals surface area (Å²) in [5.41, 5.74) is 2.69. The highest BCUT2D eigenvalue weighted by molar-refractivity contribution is 5.98. The van der Waals surface area contributed by atoms with Gasteiger partial charge in [-0.2, -0.15) is 0 Å². The van der Waals surface area contributed by atoms with Gasteiger partial charge in [0.05, 0.1) is 0 Å². The maximum atomic E-state index is 12.7. The molecule has 3 aromatic rings. The number of likely N-dealkylation sites (tertiary alicyclic amines) is 1. The van der Waals surface area contributed by atoms with E-state index in [1.54, 1.807) is 6.33 Å². The van der Waals surface area contributed by atoms with Crippen LogP contribution in [0.15, 0.2) is 42.9 Å². The first kappa shape index (κ1) is 15.6. The Kier molecular flexibility index (Phi) is 4.09. The number of piperidine rings is 1. The number of aryl methyl sites for hydroxylation is 1. The molecule has 0 bridgehead atoms. The van der Waals surface area contributed by atoms with Crippen LogP contribution < -0.4 is 5.32 Å². The standard InChI is InChI=1S/C19H21N5O/c1-13-10-18(22-12-21-13)23-16-5-8-24(9-6-16)19(25)15-3-2-14-4-7-20-17(14)11-15/h2-4,7,10-12,16,20H,5-6,8-9H2,1H3,(H,21,22,23). The second kappa shape index (κ2) is 6.55. The van der Waals surface area contributed by atoms with Crippen molar-refractivity contribution in [3.63, 3.8) is 0 Å². The first-order valence-corrected chi connectivity index (χ1v) is 8.61. The molecule has 0 radical (unpaired) electrons. The van der Waals surface area contributed by atoms with Crippen LogP contribution in [0, 0.1) is 6.92 Å². The number of nitrogens with one attached hydrogen (secondary N) is 2. The molecule has 0 spiro atoms. The number of anilines is 1. The Balaban J connectivity index is 1.38. The summed E-state index contributed by atoms with van der Waals surface area (Å²) in [5, 5.41) is 4.57. The number of amides is 1. The molecule has 6 heteroatoms. The van der Waals surface area contributed by atoms with E-state index in [9.17, 15) is 4.79 Å². The minimum Gasteiger partial charge on any atom is -0.367 e. The fourth-order valence-electron chi connectivity index (χ4n) is 3.33. The van der Waals surface area contributed by atoms with Crippen LogP contribution in [0.3, 0.4) is 0 Å². The molecule has 1 saturated heterocycles. The highest BCUT2D eigenvalue weighted by Crippen LogP contribution is 2.20. The number of aromatic nitrogens is 3. The lowest BCUT2D eigenvalue weighted by molar-refractivity contribution is 0.0718. The maximum absolute atomic E-state index is 12.7. The van der Waals surface area contributed by atoms with E-state index >= 15 is 0 Å². The predicted molar refractivity (Wildman–Crippen MR) is 97.6 cm³/mol. The van der Waals surface area contributed by atoms with Gasteiger partial charge in [0.1, 0.15) is 12.1 Å². The molecule has 1 aliphatic rings. The molecule has 25 heavy (non-hydrogen) atoms. The van der Waals surface area contributed by atoms with E-state index < -0.39 is 0 Å². The second-order valence-electron chi connectivity index (χ2n) is 6.54. The van der Waals surface area contributed by atoms with Crippen molar-refractivity contribution >= 4 is 22.6 Å². The molecule has 0 unspecified atom stereocenters. The van der Waals surface area contributed by atoms with Crippen LogP contribution >= 0.6 is 0 Å². The van der Waals surface area contributed by atoms with Crippen LogP contribution in [-0.2, 0) is 0 Å². The summed E-state index contributed by atoms with van der Waals surface area (Å²) in [6, 6.07) is 10.1. The fourth-order valence-corrected chi connectivity index (χ4v) is 3.33. The van der Waals surface area contributed by atoms with Crippen molar-refractivity contribution in [3.05, 3.63) is 54.1 Å². The monoisotopic (exact) mass is 335 g/mol. The van der Waals surface area contributed by atoms with Gasteiger partial charge in [0.25, 0.3) is 5.91 Å². The summed E-state index contributed by atoms with van der Waals surface area (Å²) in [5.74, 6) is 0.960. The van der Waals surface area contributed by atoms with Crippen LogP contribution in [0.5, 0.6) is 0 Å². The first-order valence-electron chi connectivity index (χ1n) is 8.61. The smallest absolute Gasteiger partial charge is 0.253 e. The topological polar surface area (TPSA) is 73.9 Å². The predicted octanol–water partition coefficient (Wildman–Crippen LogP) is 2.98. The number of rotatable bonds is 3. The summed E-state index contributed by atoms with van der Waals surface area (Å²) >= 11 is 0. The lowest BCUT2D eigenvalue weighted by atomic mass is 10.0. The van der Waals surface area contributed by atoms with Crippen LogP contribution in [0.1, 0.15) is 28.9 Å². The molecule has 2 N–H and O–H groups in total. The molecule has 0 atom stereocenters. The minimum absolute atomic E-state index is 0.104. The van der Waals surface area contributed by atoms with E-state index in [1.807, 2.05) is 48.4 Å². The Labute approximate surface area is 146 Å². The molecule has 1 amide bonds. The number of carbonyl (C=O) groups is 1. The third-order valence-electron chi connectivity index (χ3n) is 4.74. The van der Waals surface area contributed by atoms with Gasteiger partial charge in [-0.3, -0.25) is 4.79 Å². The number of aromatic amines is 1. The highest BCUT2D eigenvalue weighted by atomic mass is 16.2. The molecule has 4 rings (SSSR count). The normalized spacial score (nSPS) is 15.5. The second-order valence-corrected chi connectivity index (χ2v) is 6.54. The number of nitrogens with zero attached hydrogens (tertiary/aromatic N) is 3.